The number of fused-ring (bicyclic) bond motifs is 9. The Morgan fingerprint density at radius 1 is 0.356 bits per heavy atom. The highest BCUT2D eigenvalue weighted by molar-refractivity contribution is 7.26. The summed E-state index contributed by atoms with van der Waals surface area (Å²) < 4.78 is 2.51. The number of thiophene rings is 1. The van der Waals surface area contributed by atoms with Crippen LogP contribution in [0.3, 0.4) is 0 Å². The van der Waals surface area contributed by atoms with Crippen LogP contribution in [0, 0.1) is 0 Å². The number of rotatable bonds is 5. The summed E-state index contributed by atoms with van der Waals surface area (Å²) in [6, 6.07) is 68.2. The van der Waals surface area contributed by atoms with Gasteiger partial charge in [0.15, 0.2) is 5.82 Å². The predicted molar refractivity (Wildman–Crippen MR) is 253 cm³/mol. The SMILES string of the molecule is CC(C)(C)c1ccc2c3ccc(-c4nc(-c5ccc(-c6ccccc6)cc5-c5ccccc5)cc(-c5cccc6c5sc5ccccc56)n4)cc3c3ccccc3c2c1. The van der Waals surface area contributed by atoms with Crippen molar-refractivity contribution < 1.29 is 0 Å². The molecule has 0 N–H and O–H groups in total. The van der Waals surface area contributed by atoms with Crippen LogP contribution < -0.4 is 0 Å². The maximum Gasteiger partial charge on any atom is 0.160 e. The molecule has 11 aromatic rings. The smallest absolute Gasteiger partial charge is 0.160 e. The third-order valence-corrected chi connectivity index (χ3v) is 13.1. The molecule has 0 atom stereocenters. The second-order valence-corrected chi connectivity index (χ2v) is 17.6. The molecule has 0 aliphatic carbocycles. The lowest BCUT2D eigenvalue weighted by atomic mass is 9.84. The lowest BCUT2D eigenvalue weighted by Crippen LogP contribution is -2.10. The predicted octanol–water partition coefficient (Wildman–Crippen LogP) is 15.9. The molecule has 0 aliphatic heterocycles. The summed E-state index contributed by atoms with van der Waals surface area (Å²) in [5.41, 5.74) is 11.0. The summed E-state index contributed by atoms with van der Waals surface area (Å²) in [7, 11) is 0. The van der Waals surface area contributed by atoms with Gasteiger partial charge in [0.25, 0.3) is 0 Å². The van der Waals surface area contributed by atoms with Crippen molar-refractivity contribution in [3.63, 3.8) is 0 Å². The fourth-order valence-electron chi connectivity index (χ4n) is 8.80. The van der Waals surface area contributed by atoms with Crippen LogP contribution in [0.15, 0.2) is 188 Å². The first-order chi connectivity index (χ1) is 28.9. The molecule has 0 unspecified atom stereocenters. The van der Waals surface area contributed by atoms with E-state index in [1.54, 1.807) is 0 Å². The third-order valence-electron chi connectivity index (χ3n) is 11.9. The van der Waals surface area contributed by atoms with Crippen LogP contribution in [0.4, 0.5) is 0 Å². The fourth-order valence-corrected chi connectivity index (χ4v) is 10.0. The molecule has 9 aromatic carbocycles. The largest absolute Gasteiger partial charge is 0.228 e. The Labute approximate surface area is 348 Å². The summed E-state index contributed by atoms with van der Waals surface area (Å²) in [4.78, 5) is 11.0. The third kappa shape index (κ3) is 6.09. The molecule has 0 amide bonds. The number of hydrogen-bond donors (Lipinski definition) is 0. The first-order valence-corrected chi connectivity index (χ1v) is 21.1. The van der Waals surface area contributed by atoms with E-state index >= 15 is 0 Å². The number of hydrogen-bond acceptors (Lipinski definition) is 3. The van der Waals surface area contributed by atoms with E-state index < -0.39 is 0 Å². The quantitative estimate of drug-likeness (QED) is 0.163. The van der Waals surface area contributed by atoms with Crippen molar-refractivity contribution in [3.8, 4) is 56.2 Å². The van der Waals surface area contributed by atoms with Crippen LogP contribution in [0.5, 0.6) is 0 Å². The highest BCUT2D eigenvalue weighted by atomic mass is 32.1. The van der Waals surface area contributed by atoms with Gasteiger partial charge in [0.1, 0.15) is 0 Å². The van der Waals surface area contributed by atoms with Gasteiger partial charge in [-0.2, -0.15) is 0 Å². The van der Waals surface area contributed by atoms with Gasteiger partial charge >= 0.3 is 0 Å². The molecule has 0 saturated carbocycles. The summed E-state index contributed by atoms with van der Waals surface area (Å²) >= 11 is 1.83. The van der Waals surface area contributed by atoms with Crippen molar-refractivity contribution in [2.45, 2.75) is 26.2 Å². The van der Waals surface area contributed by atoms with E-state index in [9.17, 15) is 0 Å². The lowest BCUT2D eigenvalue weighted by molar-refractivity contribution is 0.591. The Kier molecular flexibility index (Phi) is 8.28. The van der Waals surface area contributed by atoms with E-state index in [4.69, 9.17) is 9.97 Å². The average Bonchev–Trinajstić information content (AvgIpc) is 3.68. The molecule has 0 bridgehead atoms. The molecule has 2 heterocycles. The van der Waals surface area contributed by atoms with E-state index in [1.807, 2.05) is 11.3 Å². The Balaban J connectivity index is 1.18. The Morgan fingerprint density at radius 2 is 0.932 bits per heavy atom. The molecule has 2 nitrogen and oxygen atoms in total. The second kappa shape index (κ2) is 13.9. The van der Waals surface area contributed by atoms with E-state index in [0.29, 0.717) is 5.82 Å². The van der Waals surface area contributed by atoms with Gasteiger partial charge in [-0.25, -0.2) is 9.97 Å². The van der Waals surface area contributed by atoms with Crippen molar-refractivity contribution in [2.75, 3.05) is 0 Å². The average molecular weight is 773 g/mol. The van der Waals surface area contributed by atoms with E-state index in [0.717, 1.165) is 39.2 Å². The normalized spacial score (nSPS) is 12.0. The van der Waals surface area contributed by atoms with Crippen molar-refractivity contribution in [2.24, 2.45) is 0 Å². The van der Waals surface area contributed by atoms with Gasteiger partial charge in [-0.3, -0.25) is 0 Å². The molecule has 0 spiro atoms. The highest BCUT2D eigenvalue weighted by Gasteiger charge is 2.20. The van der Waals surface area contributed by atoms with Gasteiger partial charge < -0.3 is 0 Å². The van der Waals surface area contributed by atoms with Gasteiger partial charge in [-0.15, -0.1) is 11.3 Å². The molecule has 0 saturated heterocycles. The minimum atomic E-state index is 0.0522. The summed E-state index contributed by atoms with van der Waals surface area (Å²) in [5, 5.41) is 10.0. The van der Waals surface area contributed by atoms with Crippen molar-refractivity contribution in [3.05, 3.63) is 194 Å². The minimum absolute atomic E-state index is 0.0522. The van der Waals surface area contributed by atoms with Gasteiger partial charge in [-0.05, 0) is 95.9 Å². The zero-order chi connectivity index (χ0) is 39.7. The molecule has 280 valence electrons. The molecule has 3 heteroatoms. The Hall–Kier alpha value is -6.94. The van der Waals surface area contributed by atoms with Crippen LogP contribution in [-0.2, 0) is 5.41 Å². The number of aromatic nitrogens is 2. The standard InChI is InChI=1S/C56H40N2S/c1-56(2,3)39-27-30-43-42-28-26-38(32-49(42)40-19-10-11-20-41(40)50(43)33-39)55-57-51(34-52(58-55)47-23-14-22-46-45-21-12-13-24-53(45)59-54(46)47)44-29-25-37(35-15-6-4-7-16-35)31-48(44)36-17-8-5-9-18-36/h4-34H,1-3H3. The van der Waals surface area contributed by atoms with E-state index in [1.165, 1.54) is 69.2 Å². The monoisotopic (exact) mass is 772 g/mol. The first-order valence-electron chi connectivity index (χ1n) is 20.3. The molecule has 11 rings (SSSR count). The fraction of sp³-hybridized carbons (Fsp3) is 0.0714. The van der Waals surface area contributed by atoms with Crippen LogP contribution in [0.1, 0.15) is 26.3 Å². The summed E-state index contributed by atoms with van der Waals surface area (Å²) in [6.45, 7) is 6.86. The van der Waals surface area contributed by atoms with Crippen LogP contribution in [0.2, 0.25) is 0 Å². The zero-order valence-electron chi connectivity index (χ0n) is 33.2. The summed E-state index contributed by atoms with van der Waals surface area (Å²) in [6.07, 6.45) is 0. The number of nitrogens with zero attached hydrogens (tertiary/aromatic N) is 2. The molecular weight excluding hydrogens is 733 g/mol. The molecule has 0 fully saturated rings. The lowest BCUT2D eigenvalue weighted by Gasteiger charge is -2.21. The van der Waals surface area contributed by atoms with Crippen molar-refractivity contribution in [1.82, 2.24) is 9.97 Å². The van der Waals surface area contributed by atoms with Crippen LogP contribution >= 0.6 is 11.3 Å². The van der Waals surface area contributed by atoms with E-state index in [-0.39, 0.29) is 5.41 Å². The Bertz CT molecular complexity index is 3390. The van der Waals surface area contributed by atoms with Crippen molar-refractivity contribution >= 4 is 63.8 Å². The second-order valence-electron chi connectivity index (χ2n) is 16.6. The molecule has 2 aromatic heterocycles. The molecule has 59 heavy (non-hydrogen) atoms. The first kappa shape index (κ1) is 35.2. The van der Waals surface area contributed by atoms with Crippen LogP contribution in [-0.4, -0.2) is 9.97 Å². The highest BCUT2D eigenvalue weighted by Crippen LogP contribution is 2.43. The van der Waals surface area contributed by atoms with Gasteiger partial charge in [0, 0.05) is 36.9 Å². The van der Waals surface area contributed by atoms with Gasteiger partial charge in [0.05, 0.1) is 11.4 Å². The van der Waals surface area contributed by atoms with Crippen LogP contribution in [0.25, 0.3) is 109 Å². The van der Waals surface area contributed by atoms with E-state index in [2.05, 4.69) is 209 Å². The summed E-state index contributed by atoms with van der Waals surface area (Å²) in [5.74, 6) is 0.705. The molecular formula is C56H40N2S. The maximum atomic E-state index is 5.49. The minimum Gasteiger partial charge on any atom is -0.228 e. The topological polar surface area (TPSA) is 25.8 Å². The maximum absolute atomic E-state index is 5.49. The zero-order valence-corrected chi connectivity index (χ0v) is 34.0. The Morgan fingerprint density at radius 3 is 1.66 bits per heavy atom. The van der Waals surface area contributed by atoms with Gasteiger partial charge in [0.2, 0.25) is 0 Å². The van der Waals surface area contributed by atoms with Gasteiger partial charge in [-0.1, -0.05) is 178 Å². The number of benzene rings is 9. The molecule has 0 aliphatic rings. The molecule has 0 radical (unpaired) electrons. The van der Waals surface area contributed by atoms with Crippen molar-refractivity contribution in [1.29, 1.82) is 0 Å².